The SMILES string of the molecule is CC(C)c1csc(CNC(=O)CN2CCOCC2)n1. The quantitative estimate of drug-likeness (QED) is 0.882. The summed E-state index contributed by atoms with van der Waals surface area (Å²) >= 11 is 1.61. The summed E-state index contributed by atoms with van der Waals surface area (Å²) in [6, 6.07) is 0. The normalized spacial score (nSPS) is 16.8. The first-order chi connectivity index (χ1) is 9.15. The van der Waals surface area contributed by atoms with Crippen molar-refractivity contribution in [1.82, 2.24) is 15.2 Å². The second kappa shape index (κ2) is 6.98. The van der Waals surface area contributed by atoms with E-state index in [2.05, 4.69) is 34.4 Å². The summed E-state index contributed by atoms with van der Waals surface area (Å²) in [5.74, 6) is 0.497. The van der Waals surface area contributed by atoms with Crippen molar-refractivity contribution in [3.8, 4) is 0 Å². The van der Waals surface area contributed by atoms with Crippen molar-refractivity contribution in [2.75, 3.05) is 32.8 Å². The van der Waals surface area contributed by atoms with Gasteiger partial charge in [-0.2, -0.15) is 0 Å². The Morgan fingerprint density at radius 3 is 2.89 bits per heavy atom. The minimum atomic E-state index is 0.0585. The van der Waals surface area contributed by atoms with E-state index in [0.29, 0.717) is 19.0 Å². The molecule has 0 aromatic carbocycles. The highest BCUT2D eigenvalue weighted by Crippen LogP contribution is 2.17. The zero-order valence-electron chi connectivity index (χ0n) is 11.5. The summed E-state index contributed by atoms with van der Waals surface area (Å²) in [5, 5.41) is 5.96. The van der Waals surface area contributed by atoms with Gasteiger partial charge in [-0.1, -0.05) is 13.8 Å². The summed E-state index contributed by atoms with van der Waals surface area (Å²) < 4.78 is 5.25. The predicted octanol–water partition coefficient (Wildman–Crippen LogP) is 1.21. The number of hydrogen-bond donors (Lipinski definition) is 1. The number of morpholine rings is 1. The lowest BCUT2D eigenvalue weighted by Crippen LogP contribution is -2.43. The van der Waals surface area contributed by atoms with Crippen molar-refractivity contribution >= 4 is 17.2 Å². The third kappa shape index (κ3) is 4.56. The Bertz CT molecular complexity index is 414. The molecule has 2 rings (SSSR count). The number of nitrogens with zero attached hydrogens (tertiary/aromatic N) is 2. The Balaban J connectivity index is 1.73. The molecule has 0 atom stereocenters. The Labute approximate surface area is 118 Å². The summed E-state index contributed by atoms with van der Waals surface area (Å²) in [4.78, 5) is 18.4. The second-order valence-electron chi connectivity index (χ2n) is 4.99. The molecule has 0 unspecified atom stereocenters. The van der Waals surface area contributed by atoms with E-state index in [9.17, 15) is 4.79 Å². The number of aromatic nitrogens is 1. The van der Waals surface area contributed by atoms with Crippen molar-refractivity contribution in [3.63, 3.8) is 0 Å². The molecule has 1 fully saturated rings. The molecule has 0 spiro atoms. The van der Waals surface area contributed by atoms with Gasteiger partial charge in [0.2, 0.25) is 5.91 Å². The van der Waals surface area contributed by atoms with Gasteiger partial charge >= 0.3 is 0 Å². The zero-order chi connectivity index (χ0) is 13.7. The van der Waals surface area contributed by atoms with E-state index in [1.165, 1.54) is 0 Å². The van der Waals surface area contributed by atoms with Crippen LogP contribution < -0.4 is 5.32 Å². The topological polar surface area (TPSA) is 54.5 Å². The average molecular weight is 283 g/mol. The summed E-state index contributed by atoms with van der Waals surface area (Å²) in [7, 11) is 0. The van der Waals surface area contributed by atoms with E-state index in [-0.39, 0.29) is 5.91 Å². The molecule has 1 saturated heterocycles. The van der Waals surface area contributed by atoms with Gasteiger partial charge in [-0.05, 0) is 5.92 Å². The van der Waals surface area contributed by atoms with Gasteiger partial charge in [-0.3, -0.25) is 9.69 Å². The Morgan fingerprint density at radius 2 is 2.26 bits per heavy atom. The fourth-order valence-electron chi connectivity index (χ4n) is 1.86. The molecule has 0 saturated carbocycles. The first kappa shape index (κ1) is 14.4. The van der Waals surface area contributed by atoms with E-state index < -0.39 is 0 Å². The maximum absolute atomic E-state index is 11.8. The van der Waals surface area contributed by atoms with Crippen LogP contribution in [-0.4, -0.2) is 48.6 Å². The van der Waals surface area contributed by atoms with Gasteiger partial charge in [0, 0.05) is 18.5 Å². The molecule has 1 aromatic rings. The molecule has 106 valence electrons. The van der Waals surface area contributed by atoms with Gasteiger partial charge in [0.25, 0.3) is 0 Å². The molecule has 0 radical (unpaired) electrons. The minimum Gasteiger partial charge on any atom is -0.379 e. The summed E-state index contributed by atoms with van der Waals surface area (Å²) in [6.45, 7) is 8.33. The summed E-state index contributed by atoms with van der Waals surface area (Å²) in [6.07, 6.45) is 0. The van der Waals surface area contributed by atoms with E-state index in [1.54, 1.807) is 11.3 Å². The fourth-order valence-corrected chi connectivity index (χ4v) is 2.76. The largest absolute Gasteiger partial charge is 0.379 e. The minimum absolute atomic E-state index is 0.0585. The van der Waals surface area contributed by atoms with E-state index in [0.717, 1.165) is 37.0 Å². The van der Waals surface area contributed by atoms with E-state index in [1.807, 2.05) is 0 Å². The maximum Gasteiger partial charge on any atom is 0.234 e. The van der Waals surface area contributed by atoms with Crippen LogP contribution in [0.15, 0.2) is 5.38 Å². The molecule has 6 heteroatoms. The van der Waals surface area contributed by atoms with Crippen molar-refractivity contribution < 1.29 is 9.53 Å². The third-order valence-electron chi connectivity index (χ3n) is 3.07. The Morgan fingerprint density at radius 1 is 1.53 bits per heavy atom. The van der Waals surface area contributed by atoms with Gasteiger partial charge in [-0.15, -0.1) is 11.3 Å². The van der Waals surface area contributed by atoms with Gasteiger partial charge in [0.15, 0.2) is 0 Å². The van der Waals surface area contributed by atoms with Crippen LogP contribution >= 0.6 is 11.3 Å². The van der Waals surface area contributed by atoms with Crippen LogP contribution in [0.1, 0.15) is 30.5 Å². The van der Waals surface area contributed by atoms with Crippen LogP contribution in [0, 0.1) is 0 Å². The number of carbonyl (C=O) groups is 1. The van der Waals surface area contributed by atoms with E-state index >= 15 is 0 Å². The molecule has 1 amide bonds. The average Bonchev–Trinajstić information content (AvgIpc) is 2.86. The van der Waals surface area contributed by atoms with Crippen molar-refractivity contribution in [2.24, 2.45) is 0 Å². The van der Waals surface area contributed by atoms with Crippen LogP contribution in [-0.2, 0) is 16.1 Å². The smallest absolute Gasteiger partial charge is 0.234 e. The highest BCUT2D eigenvalue weighted by atomic mass is 32.1. The standard InChI is InChI=1S/C13H21N3O2S/c1-10(2)11-9-19-13(15-11)7-14-12(17)8-16-3-5-18-6-4-16/h9-10H,3-8H2,1-2H3,(H,14,17). The molecule has 1 N–H and O–H groups in total. The van der Waals surface area contributed by atoms with Crippen molar-refractivity contribution in [1.29, 1.82) is 0 Å². The number of ether oxygens (including phenoxy) is 1. The Hall–Kier alpha value is -0.980. The zero-order valence-corrected chi connectivity index (χ0v) is 12.3. The molecule has 0 bridgehead atoms. The number of rotatable bonds is 5. The lowest BCUT2D eigenvalue weighted by atomic mass is 10.2. The highest BCUT2D eigenvalue weighted by Gasteiger charge is 2.14. The highest BCUT2D eigenvalue weighted by molar-refractivity contribution is 7.09. The fraction of sp³-hybridized carbons (Fsp3) is 0.692. The van der Waals surface area contributed by atoms with Crippen LogP contribution in [0.4, 0.5) is 0 Å². The summed E-state index contributed by atoms with van der Waals surface area (Å²) in [5.41, 5.74) is 1.10. The molecular weight excluding hydrogens is 262 g/mol. The van der Waals surface area contributed by atoms with Crippen LogP contribution in [0.5, 0.6) is 0 Å². The lowest BCUT2D eigenvalue weighted by molar-refractivity contribution is -0.123. The molecule has 1 aliphatic heterocycles. The molecule has 0 aliphatic carbocycles. The molecule has 1 aliphatic rings. The third-order valence-corrected chi connectivity index (χ3v) is 3.94. The lowest BCUT2D eigenvalue weighted by Gasteiger charge is -2.25. The first-order valence-corrected chi connectivity index (χ1v) is 7.54. The number of nitrogens with one attached hydrogen (secondary N) is 1. The molecule has 2 heterocycles. The molecule has 19 heavy (non-hydrogen) atoms. The second-order valence-corrected chi connectivity index (χ2v) is 5.93. The van der Waals surface area contributed by atoms with Crippen LogP contribution in [0.25, 0.3) is 0 Å². The van der Waals surface area contributed by atoms with Crippen LogP contribution in [0.3, 0.4) is 0 Å². The molecular formula is C13H21N3O2S. The number of amides is 1. The number of hydrogen-bond acceptors (Lipinski definition) is 5. The van der Waals surface area contributed by atoms with Crippen molar-refractivity contribution in [2.45, 2.75) is 26.3 Å². The number of thiazole rings is 1. The Kier molecular flexibility index (Phi) is 5.30. The molecule has 1 aromatic heterocycles. The number of carbonyl (C=O) groups excluding carboxylic acids is 1. The molecule has 5 nitrogen and oxygen atoms in total. The predicted molar refractivity (Wildman–Crippen MR) is 75.3 cm³/mol. The maximum atomic E-state index is 11.8. The van der Waals surface area contributed by atoms with E-state index in [4.69, 9.17) is 4.74 Å². The van der Waals surface area contributed by atoms with Gasteiger partial charge < -0.3 is 10.1 Å². The van der Waals surface area contributed by atoms with Gasteiger partial charge in [-0.25, -0.2) is 4.98 Å². The monoisotopic (exact) mass is 283 g/mol. The van der Waals surface area contributed by atoms with Crippen molar-refractivity contribution in [3.05, 3.63) is 16.1 Å². The van der Waals surface area contributed by atoms with Gasteiger partial charge in [0.1, 0.15) is 5.01 Å². The van der Waals surface area contributed by atoms with Crippen LogP contribution in [0.2, 0.25) is 0 Å². The first-order valence-electron chi connectivity index (χ1n) is 6.66. The van der Waals surface area contributed by atoms with Gasteiger partial charge in [0.05, 0.1) is 32.0 Å².